The standard InChI is InChI=1S/C20H27ClN4O3S/c1-2-22-20(23-12-11-19(26)16-7-4-3-5-8-16)24-13-14-25-29(27,28)18-10-6-9-17(21)15-18/h3-10,15,19,25-26H,2,11-14H2,1H3,(H2,22,23,24). The van der Waals surface area contributed by atoms with Crippen LogP contribution in [0.15, 0.2) is 64.5 Å². The first kappa shape index (κ1) is 23.2. The molecular weight excluding hydrogens is 412 g/mol. The first-order valence-corrected chi connectivity index (χ1v) is 11.3. The molecular formula is C20H27ClN4O3S. The third-order valence-corrected chi connectivity index (χ3v) is 5.71. The van der Waals surface area contributed by atoms with Crippen LogP contribution in [0.2, 0.25) is 5.02 Å². The SMILES string of the molecule is CCNC(=NCCC(O)c1ccccc1)NCCNS(=O)(=O)c1cccc(Cl)c1. The van der Waals surface area contributed by atoms with E-state index < -0.39 is 16.1 Å². The van der Waals surface area contributed by atoms with Crippen LogP contribution in [0.25, 0.3) is 0 Å². The van der Waals surface area contributed by atoms with Gasteiger partial charge in [-0.1, -0.05) is 48.0 Å². The fraction of sp³-hybridized carbons (Fsp3) is 0.350. The summed E-state index contributed by atoms with van der Waals surface area (Å²) in [6.45, 7) is 3.58. The topological polar surface area (TPSA) is 103 Å². The number of hydrogen-bond acceptors (Lipinski definition) is 4. The van der Waals surface area contributed by atoms with Crippen LogP contribution in [0.1, 0.15) is 25.0 Å². The molecule has 0 bridgehead atoms. The zero-order valence-electron chi connectivity index (χ0n) is 16.3. The number of rotatable bonds is 10. The van der Waals surface area contributed by atoms with Crippen molar-refractivity contribution in [3.05, 3.63) is 65.2 Å². The summed E-state index contributed by atoms with van der Waals surface area (Å²) in [7, 11) is -3.62. The molecule has 0 spiro atoms. The van der Waals surface area contributed by atoms with Crippen LogP contribution >= 0.6 is 11.6 Å². The highest BCUT2D eigenvalue weighted by Crippen LogP contribution is 2.16. The minimum absolute atomic E-state index is 0.125. The van der Waals surface area contributed by atoms with Gasteiger partial charge in [0.15, 0.2) is 5.96 Å². The van der Waals surface area contributed by atoms with Gasteiger partial charge in [0, 0.05) is 31.2 Å². The van der Waals surface area contributed by atoms with Crippen LogP contribution in [0.5, 0.6) is 0 Å². The lowest BCUT2D eigenvalue weighted by Crippen LogP contribution is -2.41. The molecule has 0 fully saturated rings. The molecule has 9 heteroatoms. The Morgan fingerprint density at radius 2 is 1.86 bits per heavy atom. The van der Waals surface area contributed by atoms with Crippen molar-refractivity contribution < 1.29 is 13.5 Å². The molecule has 29 heavy (non-hydrogen) atoms. The summed E-state index contributed by atoms with van der Waals surface area (Å²) in [5, 5.41) is 16.7. The van der Waals surface area contributed by atoms with Crippen LogP contribution in [0, 0.1) is 0 Å². The fourth-order valence-electron chi connectivity index (χ4n) is 2.57. The molecule has 0 aromatic heterocycles. The second-order valence-corrected chi connectivity index (χ2v) is 8.46. The summed E-state index contributed by atoms with van der Waals surface area (Å²) in [5.74, 6) is 0.565. The van der Waals surface area contributed by atoms with E-state index in [0.717, 1.165) is 5.56 Å². The number of guanidine groups is 1. The van der Waals surface area contributed by atoms with E-state index in [1.54, 1.807) is 12.1 Å². The van der Waals surface area contributed by atoms with Crippen LogP contribution < -0.4 is 15.4 Å². The number of sulfonamides is 1. The Morgan fingerprint density at radius 3 is 2.55 bits per heavy atom. The fourth-order valence-corrected chi connectivity index (χ4v) is 3.90. The molecule has 0 saturated heterocycles. The second-order valence-electron chi connectivity index (χ2n) is 6.26. The molecule has 2 aromatic rings. The molecule has 7 nitrogen and oxygen atoms in total. The normalized spacial score (nSPS) is 13.1. The lowest BCUT2D eigenvalue weighted by molar-refractivity contribution is 0.170. The first-order valence-electron chi connectivity index (χ1n) is 9.43. The van der Waals surface area contributed by atoms with Crippen LogP contribution in [0.3, 0.4) is 0 Å². The molecule has 1 unspecified atom stereocenters. The number of hydrogen-bond donors (Lipinski definition) is 4. The maximum atomic E-state index is 12.3. The Balaban J connectivity index is 1.80. The van der Waals surface area contributed by atoms with Crippen molar-refractivity contribution in [2.45, 2.75) is 24.3 Å². The molecule has 0 aliphatic carbocycles. The van der Waals surface area contributed by atoms with Gasteiger partial charge in [0.2, 0.25) is 10.0 Å². The zero-order valence-corrected chi connectivity index (χ0v) is 17.9. The number of nitrogens with zero attached hydrogens (tertiary/aromatic N) is 1. The monoisotopic (exact) mass is 438 g/mol. The molecule has 0 amide bonds. The predicted molar refractivity (Wildman–Crippen MR) is 117 cm³/mol. The maximum absolute atomic E-state index is 12.3. The number of benzene rings is 2. The van der Waals surface area contributed by atoms with Crippen molar-refractivity contribution in [1.29, 1.82) is 0 Å². The summed E-state index contributed by atoms with van der Waals surface area (Å²) < 4.78 is 27.1. The summed E-state index contributed by atoms with van der Waals surface area (Å²) in [5.41, 5.74) is 0.857. The average Bonchev–Trinajstić information content (AvgIpc) is 2.71. The summed E-state index contributed by atoms with van der Waals surface area (Å²) in [4.78, 5) is 4.55. The lowest BCUT2D eigenvalue weighted by Gasteiger charge is -2.13. The maximum Gasteiger partial charge on any atom is 0.240 e. The number of aliphatic hydroxyl groups is 1. The van der Waals surface area contributed by atoms with Crippen molar-refractivity contribution in [1.82, 2.24) is 15.4 Å². The highest BCUT2D eigenvalue weighted by atomic mass is 35.5. The van der Waals surface area contributed by atoms with Crippen molar-refractivity contribution in [3.63, 3.8) is 0 Å². The third kappa shape index (κ3) is 8.02. The molecule has 2 aromatic carbocycles. The van der Waals surface area contributed by atoms with Gasteiger partial charge in [-0.15, -0.1) is 0 Å². The minimum atomic E-state index is -3.62. The number of nitrogens with one attached hydrogen (secondary N) is 3. The van der Waals surface area contributed by atoms with Crippen LogP contribution in [-0.2, 0) is 10.0 Å². The number of halogens is 1. The Bertz CT molecular complexity index is 892. The molecule has 0 saturated carbocycles. The van der Waals surface area contributed by atoms with E-state index in [0.29, 0.717) is 37.0 Å². The molecule has 0 aliphatic heterocycles. The number of aliphatic hydroxyl groups excluding tert-OH is 1. The van der Waals surface area contributed by atoms with Crippen molar-refractivity contribution in [3.8, 4) is 0 Å². The predicted octanol–water partition coefficient (Wildman–Crippen LogP) is 2.30. The van der Waals surface area contributed by atoms with E-state index in [-0.39, 0.29) is 11.4 Å². The molecule has 1 atom stereocenters. The Kier molecular flexibility index (Phi) is 9.40. The van der Waals surface area contributed by atoms with E-state index >= 15 is 0 Å². The minimum Gasteiger partial charge on any atom is -0.388 e. The van der Waals surface area contributed by atoms with Gasteiger partial charge in [-0.3, -0.25) is 4.99 Å². The Labute approximate surface area is 177 Å². The molecule has 0 aliphatic rings. The van der Waals surface area contributed by atoms with Gasteiger partial charge in [0.25, 0.3) is 0 Å². The van der Waals surface area contributed by atoms with E-state index in [9.17, 15) is 13.5 Å². The lowest BCUT2D eigenvalue weighted by atomic mass is 10.1. The quantitative estimate of drug-likeness (QED) is 0.259. The van der Waals surface area contributed by atoms with Crippen molar-refractivity contribution in [2.24, 2.45) is 4.99 Å². The van der Waals surface area contributed by atoms with Crippen LogP contribution in [-0.4, -0.2) is 45.7 Å². The molecule has 4 N–H and O–H groups in total. The number of aliphatic imine (C=N–C) groups is 1. The van der Waals surface area contributed by atoms with Gasteiger partial charge in [-0.2, -0.15) is 0 Å². The molecule has 0 radical (unpaired) electrons. The van der Waals surface area contributed by atoms with E-state index in [1.807, 2.05) is 37.3 Å². The van der Waals surface area contributed by atoms with E-state index in [2.05, 4.69) is 20.3 Å². The summed E-state index contributed by atoms with van der Waals surface area (Å²) >= 11 is 5.85. The highest BCUT2D eigenvalue weighted by molar-refractivity contribution is 7.89. The smallest absolute Gasteiger partial charge is 0.240 e. The molecule has 0 heterocycles. The van der Waals surface area contributed by atoms with Gasteiger partial charge in [0.05, 0.1) is 11.0 Å². The Hall–Kier alpha value is -2.13. The van der Waals surface area contributed by atoms with Gasteiger partial charge in [-0.05, 0) is 37.1 Å². The average molecular weight is 439 g/mol. The van der Waals surface area contributed by atoms with Gasteiger partial charge in [-0.25, -0.2) is 13.1 Å². The Morgan fingerprint density at radius 1 is 1.10 bits per heavy atom. The third-order valence-electron chi connectivity index (χ3n) is 4.02. The largest absolute Gasteiger partial charge is 0.388 e. The highest BCUT2D eigenvalue weighted by Gasteiger charge is 2.13. The van der Waals surface area contributed by atoms with E-state index in [4.69, 9.17) is 11.6 Å². The molecule has 158 valence electrons. The van der Waals surface area contributed by atoms with Gasteiger partial charge in [0.1, 0.15) is 0 Å². The summed E-state index contributed by atoms with van der Waals surface area (Å²) in [6.07, 6.45) is -0.0885. The van der Waals surface area contributed by atoms with Gasteiger partial charge < -0.3 is 15.7 Å². The van der Waals surface area contributed by atoms with Gasteiger partial charge >= 0.3 is 0 Å². The first-order chi connectivity index (χ1) is 13.9. The van der Waals surface area contributed by atoms with E-state index in [1.165, 1.54) is 12.1 Å². The zero-order chi connectivity index (χ0) is 21.1. The second kappa shape index (κ2) is 11.8. The van der Waals surface area contributed by atoms with Crippen molar-refractivity contribution >= 4 is 27.6 Å². The van der Waals surface area contributed by atoms with Crippen molar-refractivity contribution in [2.75, 3.05) is 26.2 Å². The summed E-state index contributed by atoms with van der Waals surface area (Å²) in [6, 6.07) is 15.5. The molecule has 2 rings (SSSR count). The van der Waals surface area contributed by atoms with Crippen LogP contribution in [0.4, 0.5) is 0 Å².